The Hall–Kier alpha value is -1.36. The number of H-pyrrole nitrogens is 1. The number of aryl methyl sites for hydroxylation is 1. The lowest BCUT2D eigenvalue weighted by atomic mass is 9.91. The van der Waals surface area contributed by atoms with Crippen molar-refractivity contribution in [2.45, 2.75) is 44.7 Å². The Kier molecular flexibility index (Phi) is 3.31. The van der Waals surface area contributed by atoms with E-state index in [1.54, 1.807) is 6.20 Å². The van der Waals surface area contributed by atoms with Crippen molar-refractivity contribution in [2.24, 2.45) is 5.92 Å². The minimum absolute atomic E-state index is 0.00229. The number of piperidine rings is 1. The number of nitrogens with zero attached hydrogens (tertiary/aromatic N) is 2. The summed E-state index contributed by atoms with van der Waals surface area (Å²) in [6, 6.07) is 1.47. The molecule has 2 unspecified atom stereocenters. The fourth-order valence-corrected chi connectivity index (χ4v) is 3.60. The van der Waals surface area contributed by atoms with E-state index in [-0.39, 0.29) is 5.91 Å². The van der Waals surface area contributed by atoms with Crippen molar-refractivity contribution in [3.8, 4) is 0 Å². The van der Waals surface area contributed by atoms with Crippen LogP contribution in [0.2, 0.25) is 0 Å². The first-order chi connectivity index (χ1) is 9.15. The van der Waals surface area contributed by atoms with Crippen molar-refractivity contribution < 1.29 is 4.79 Å². The summed E-state index contributed by atoms with van der Waals surface area (Å²) in [5, 5.41) is 9.75. The van der Waals surface area contributed by atoms with Crippen LogP contribution in [-0.2, 0) is 0 Å². The zero-order valence-electron chi connectivity index (χ0n) is 11.6. The molecule has 1 aromatic rings. The highest BCUT2D eigenvalue weighted by Gasteiger charge is 2.38. The van der Waals surface area contributed by atoms with Gasteiger partial charge in [-0.25, -0.2) is 0 Å². The first-order valence-corrected chi connectivity index (χ1v) is 7.15. The monoisotopic (exact) mass is 262 g/mol. The number of hydrogen-bond donors (Lipinski definition) is 2. The number of aromatic amines is 1. The topological polar surface area (TPSA) is 61.0 Å². The molecular formula is C14H22N4O. The van der Waals surface area contributed by atoms with Crippen LogP contribution >= 0.6 is 0 Å². The highest BCUT2D eigenvalue weighted by atomic mass is 16.1. The quantitative estimate of drug-likeness (QED) is 0.863. The average molecular weight is 262 g/mol. The van der Waals surface area contributed by atoms with Crippen LogP contribution in [-0.4, -0.2) is 46.7 Å². The number of fused-ring (bicyclic) bond motifs is 2. The van der Waals surface area contributed by atoms with Crippen molar-refractivity contribution in [3.05, 3.63) is 17.5 Å². The minimum Gasteiger partial charge on any atom is -0.352 e. The van der Waals surface area contributed by atoms with Gasteiger partial charge >= 0.3 is 0 Å². The molecule has 3 rings (SSSR count). The zero-order chi connectivity index (χ0) is 13.4. The van der Waals surface area contributed by atoms with Gasteiger partial charge in [0.2, 0.25) is 0 Å². The number of nitrogens with one attached hydrogen (secondary N) is 2. The smallest absolute Gasteiger partial charge is 0.254 e. The molecule has 104 valence electrons. The number of aromatic nitrogens is 2. The van der Waals surface area contributed by atoms with Gasteiger partial charge in [0.15, 0.2) is 0 Å². The molecule has 0 spiro atoms. The first kappa shape index (κ1) is 12.7. The molecule has 1 amide bonds. The average Bonchev–Trinajstić information content (AvgIpc) is 2.87. The van der Waals surface area contributed by atoms with E-state index in [1.807, 2.05) is 6.92 Å². The third-order valence-electron chi connectivity index (χ3n) is 4.82. The molecule has 5 heteroatoms. The van der Waals surface area contributed by atoms with Crippen molar-refractivity contribution in [1.82, 2.24) is 20.4 Å². The first-order valence-electron chi connectivity index (χ1n) is 7.15. The second-order valence-corrected chi connectivity index (χ2v) is 6.01. The second-order valence-electron chi connectivity index (χ2n) is 6.01. The van der Waals surface area contributed by atoms with Gasteiger partial charge in [0, 0.05) is 24.3 Å². The number of rotatable bonds is 3. The van der Waals surface area contributed by atoms with E-state index in [2.05, 4.69) is 27.5 Å². The standard InChI is InChI=1S/C14H22N4O/c1-9-13(8-16-17-9)14(19)15-7-10-5-11-3-4-12(6-10)18(11)2/h8,10-12H,3-7H2,1-2H3,(H,15,19)(H,16,17). The second kappa shape index (κ2) is 4.96. The molecule has 2 fully saturated rings. The number of amides is 1. The molecule has 2 atom stereocenters. The number of carbonyl (C=O) groups is 1. The van der Waals surface area contributed by atoms with Gasteiger partial charge in [-0.3, -0.25) is 9.89 Å². The maximum absolute atomic E-state index is 12.0. The fourth-order valence-electron chi connectivity index (χ4n) is 3.60. The van der Waals surface area contributed by atoms with Gasteiger partial charge in [-0.2, -0.15) is 5.10 Å². The molecule has 0 radical (unpaired) electrons. The van der Waals surface area contributed by atoms with Crippen LogP contribution in [0.5, 0.6) is 0 Å². The largest absolute Gasteiger partial charge is 0.352 e. The summed E-state index contributed by atoms with van der Waals surface area (Å²) < 4.78 is 0. The molecule has 0 aromatic carbocycles. The Morgan fingerprint density at radius 1 is 1.47 bits per heavy atom. The van der Waals surface area contributed by atoms with Gasteiger partial charge in [-0.1, -0.05) is 0 Å². The van der Waals surface area contributed by atoms with E-state index in [9.17, 15) is 4.79 Å². The number of carbonyl (C=O) groups excluding carboxylic acids is 1. The maximum Gasteiger partial charge on any atom is 0.254 e. The Bertz CT molecular complexity index is 456. The molecule has 1 aromatic heterocycles. The highest BCUT2D eigenvalue weighted by molar-refractivity contribution is 5.94. The summed E-state index contributed by atoms with van der Waals surface area (Å²) in [5.74, 6) is 0.627. The van der Waals surface area contributed by atoms with Crippen LogP contribution in [0.25, 0.3) is 0 Å². The number of hydrogen-bond acceptors (Lipinski definition) is 3. The van der Waals surface area contributed by atoms with E-state index in [1.165, 1.54) is 25.7 Å². The van der Waals surface area contributed by atoms with Gasteiger partial charge in [0.05, 0.1) is 11.8 Å². The molecule has 5 nitrogen and oxygen atoms in total. The lowest BCUT2D eigenvalue weighted by Gasteiger charge is -2.36. The summed E-state index contributed by atoms with van der Waals surface area (Å²) in [5.41, 5.74) is 1.50. The fraction of sp³-hybridized carbons (Fsp3) is 0.714. The minimum atomic E-state index is -0.00229. The predicted molar refractivity (Wildman–Crippen MR) is 73.0 cm³/mol. The van der Waals surface area contributed by atoms with Gasteiger partial charge in [-0.05, 0) is 45.6 Å². The van der Waals surface area contributed by atoms with Gasteiger partial charge in [-0.15, -0.1) is 0 Å². The Balaban J connectivity index is 1.54. The van der Waals surface area contributed by atoms with Crippen LogP contribution in [0.1, 0.15) is 41.7 Å². The van der Waals surface area contributed by atoms with E-state index in [0.29, 0.717) is 11.5 Å². The summed E-state index contributed by atoms with van der Waals surface area (Å²) in [4.78, 5) is 14.6. The summed E-state index contributed by atoms with van der Waals surface area (Å²) in [6.45, 7) is 2.67. The maximum atomic E-state index is 12.0. The summed E-state index contributed by atoms with van der Waals surface area (Å²) >= 11 is 0. The molecule has 0 saturated carbocycles. The van der Waals surface area contributed by atoms with Crippen LogP contribution in [0.3, 0.4) is 0 Å². The molecule has 3 heterocycles. The molecule has 2 saturated heterocycles. The van der Waals surface area contributed by atoms with Gasteiger partial charge < -0.3 is 10.2 Å². The van der Waals surface area contributed by atoms with E-state index in [0.717, 1.165) is 24.3 Å². The normalized spacial score (nSPS) is 30.5. The summed E-state index contributed by atoms with van der Waals surface area (Å²) in [7, 11) is 2.24. The molecule has 19 heavy (non-hydrogen) atoms. The highest BCUT2D eigenvalue weighted by Crippen LogP contribution is 2.36. The van der Waals surface area contributed by atoms with Crippen molar-refractivity contribution in [1.29, 1.82) is 0 Å². The van der Waals surface area contributed by atoms with E-state index < -0.39 is 0 Å². The molecule has 2 aliphatic heterocycles. The molecule has 2 aliphatic rings. The van der Waals surface area contributed by atoms with Gasteiger partial charge in [0.25, 0.3) is 5.91 Å². The Morgan fingerprint density at radius 3 is 2.74 bits per heavy atom. The SMILES string of the molecule is Cc1[nH]ncc1C(=O)NCC1CC2CCC(C1)N2C. The lowest BCUT2D eigenvalue weighted by molar-refractivity contribution is 0.0917. The Labute approximate surface area is 113 Å². The third-order valence-corrected chi connectivity index (χ3v) is 4.82. The van der Waals surface area contributed by atoms with Crippen molar-refractivity contribution >= 4 is 5.91 Å². The van der Waals surface area contributed by atoms with Crippen LogP contribution in [0.4, 0.5) is 0 Å². The van der Waals surface area contributed by atoms with Crippen LogP contribution < -0.4 is 5.32 Å². The molecule has 2 N–H and O–H groups in total. The lowest BCUT2D eigenvalue weighted by Crippen LogP contribution is -2.43. The third kappa shape index (κ3) is 2.39. The summed E-state index contributed by atoms with van der Waals surface area (Å²) in [6.07, 6.45) is 6.69. The zero-order valence-corrected chi connectivity index (χ0v) is 11.6. The Morgan fingerprint density at radius 2 is 2.16 bits per heavy atom. The van der Waals surface area contributed by atoms with Crippen LogP contribution in [0.15, 0.2) is 6.20 Å². The van der Waals surface area contributed by atoms with Crippen molar-refractivity contribution in [3.63, 3.8) is 0 Å². The predicted octanol–water partition coefficient (Wildman–Crippen LogP) is 1.32. The molecular weight excluding hydrogens is 240 g/mol. The molecule has 2 bridgehead atoms. The van der Waals surface area contributed by atoms with E-state index in [4.69, 9.17) is 0 Å². The van der Waals surface area contributed by atoms with E-state index >= 15 is 0 Å². The van der Waals surface area contributed by atoms with Crippen LogP contribution in [0, 0.1) is 12.8 Å². The molecule has 0 aliphatic carbocycles. The van der Waals surface area contributed by atoms with Crippen molar-refractivity contribution in [2.75, 3.05) is 13.6 Å². The van der Waals surface area contributed by atoms with Gasteiger partial charge in [0.1, 0.15) is 0 Å².